The number of aryl methyl sites for hydroxylation is 1. The van der Waals surface area contributed by atoms with E-state index in [0.717, 1.165) is 10.5 Å². The van der Waals surface area contributed by atoms with E-state index >= 15 is 0 Å². The minimum Gasteiger partial charge on any atom is -0.494 e. The summed E-state index contributed by atoms with van der Waals surface area (Å²) >= 11 is 7.20. The molecule has 0 aliphatic carbocycles. The van der Waals surface area contributed by atoms with Gasteiger partial charge in [0.2, 0.25) is 5.91 Å². The van der Waals surface area contributed by atoms with E-state index in [-0.39, 0.29) is 40.5 Å². The van der Waals surface area contributed by atoms with Crippen molar-refractivity contribution >= 4 is 63.8 Å². The van der Waals surface area contributed by atoms with Crippen molar-refractivity contribution in [3.63, 3.8) is 0 Å². The first-order valence-electron chi connectivity index (χ1n) is 13.4. The van der Waals surface area contributed by atoms with Crippen LogP contribution in [-0.2, 0) is 14.4 Å². The summed E-state index contributed by atoms with van der Waals surface area (Å²) in [6, 6.07) is 17.2. The molecule has 1 aliphatic heterocycles. The van der Waals surface area contributed by atoms with Crippen LogP contribution in [0.25, 0.3) is 6.08 Å². The summed E-state index contributed by atoms with van der Waals surface area (Å²) in [7, 11) is 0. The Morgan fingerprint density at radius 2 is 1.51 bits per heavy atom. The van der Waals surface area contributed by atoms with Gasteiger partial charge in [-0.1, -0.05) is 29.3 Å². The van der Waals surface area contributed by atoms with Gasteiger partial charge in [0.05, 0.1) is 23.1 Å². The number of nitrogens with zero attached hydrogens (tertiary/aromatic N) is 1. The maximum absolute atomic E-state index is 13.0. The molecule has 224 valence electrons. The van der Waals surface area contributed by atoms with Crippen molar-refractivity contribution in [2.75, 3.05) is 37.0 Å². The standard InChI is InChI=1S/C31H30ClN3O7S/c1-4-40-23-12-10-22(11-13-23)33-27(36)17-35-30(38)26(43-31(35)39)16-20-14-24(32)29(25(15-20)41-5-2)42-18-28(37)34-21-8-6-19(3)7-9-21/h6-16H,4-5,17-18H2,1-3H3,(H,33,36)(H,34,37)/b26-16+. The summed E-state index contributed by atoms with van der Waals surface area (Å²) in [6.07, 6.45) is 1.48. The third-order valence-electron chi connectivity index (χ3n) is 5.94. The number of ether oxygens (including phenoxy) is 3. The first-order chi connectivity index (χ1) is 20.7. The van der Waals surface area contributed by atoms with Crippen molar-refractivity contribution in [3.8, 4) is 17.2 Å². The molecule has 0 bridgehead atoms. The third kappa shape index (κ3) is 8.52. The molecule has 3 aromatic rings. The van der Waals surface area contributed by atoms with Crippen LogP contribution in [0.5, 0.6) is 17.2 Å². The zero-order valence-corrected chi connectivity index (χ0v) is 25.3. The maximum atomic E-state index is 13.0. The Bertz CT molecular complexity index is 1540. The number of benzene rings is 3. The first kappa shape index (κ1) is 31.5. The number of amides is 4. The Balaban J connectivity index is 1.41. The molecule has 3 aromatic carbocycles. The lowest BCUT2D eigenvalue weighted by Crippen LogP contribution is -2.36. The third-order valence-corrected chi connectivity index (χ3v) is 7.12. The molecule has 0 atom stereocenters. The Morgan fingerprint density at radius 3 is 2.16 bits per heavy atom. The highest BCUT2D eigenvalue weighted by atomic mass is 35.5. The van der Waals surface area contributed by atoms with E-state index in [1.165, 1.54) is 12.1 Å². The number of halogens is 1. The van der Waals surface area contributed by atoms with Gasteiger partial charge in [-0.15, -0.1) is 0 Å². The van der Waals surface area contributed by atoms with Gasteiger partial charge in [-0.05, 0) is 92.7 Å². The number of rotatable bonds is 12. The average molecular weight is 624 g/mol. The van der Waals surface area contributed by atoms with Crippen LogP contribution in [0.2, 0.25) is 5.02 Å². The molecule has 4 amide bonds. The summed E-state index contributed by atoms with van der Waals surface area (Å²) in [5.74, 6) is -0.433. The second-order valence-electron chi connectivity index (χ2n) is 9.24. The summed E-state index contributed by atoms with van der Waals surface area (Å²) in [6.45, 7) is 5.63. The largest absolute Gasteiger partial charge is 0.494 e. The molecule has 2 N–H and O–H groups in total. The number of hydrogen-bond donors (Lipinski definition) is 2. The molecule has 0 aromatic heterocycles. The molecule has 12 heteroatoms. The monoisotopic (exact) mass is 623 g/mol. The van der Waals surface area contributed by atoms with Crippen LogP contribution in [0.15, 0.2) is 65.6 Å². The lowest BCUT2D eigenvalue weighted by Gasteiger charge is -2.15. The van der Waals surface area contributed by atoms with Gasteiger partial charge < -0.3 is 24.8 Å². The molecular formula is C31H30ClN3O7S. The molecule has 0 saturated carbocycles. The molecule has 43 heavy (non-hydrogen) atoms. The quantitative estimate of drug-likeness (QED) is 0.231. The first-order valence-corrected chi connectivity index (χ1v) is 14.6. The second-order valence-corrected chi connectivity index (χ2v) is 10.6. The van der Waals surface area contributed by atoms with Crippen LogP contribution in [0.3, 0.4) is 0 Å². The van der Waals surface area contributed by atoms with E-state index in [4.69, 9.17) is 25.8 Å². The van der Waals surface area contributed by atoms with Crippen molar-refractivity contribution in [3.05, 3.63) is 81.7 Å². The van der Waals surface area contributed by atoms with Gasteiger partial charge in [-0.3, -0.25) is 24.1 Å². The molecule has 0 radical (unpaired) electrons. The van der Waals surface area contributed by atoms with Gasteiger partial charge in [-0.25, -0.2) is 0 Å². The van der Waals surface area contributed by atoms with Crippen LogP contribution in [-0.4, -0.2) is 54.2 Å². The number of thioether (sulfide) groups is 1. The predicted molar refractivity (Wildman–Crippen MR) is 167 cm³/mol. The normalized spacial score (nSPS) is 13.7. The number of anilines is 2. The van der Waals surface area contributed by atoms with Crippen molar-refractivity contribution < 1.29 is 33.4 Å². The molecule has 4 rings (SSSR count). The van der Waals surface area contributed by atoms with Gasteiger partial charge in [-0.2, -0.15) is 0 Å². The fourth-order valence-corrected chi connectivity index (χ4v) is 5.09. The van der Waals surface area contributed by atoms with E-state index in [0.29, 0.717) is 41.1 Å². The van der Waals surface area contributed by atoms with Gasteiger partial charge in [0.15, 0.2) is 18.1 Å². The lowest BCUT2D eigenvalue weighted by molar-refractivity contribution is -0.127. The van der Waals surface area contributed by atoms with Gasteiger partial charge in [0.25, 0.3) is 17.1 Å². The number of carbonyl (C=O) groups is 4. The Labute approximate surface area is 258 Å². The maximum Gasteiger partial charge on any atom is 0.294 e. The molecule has 0 unspecified atom stereocenters. The van der Waals surface area contributed by atoms with Crippen molar-refractivity contribution in [1.82, 2.24) is 4.90 Å². The number of imide groups is 1. The summed E-state index contributed by atoms with van der Waals surface area (Å²) in [4.78, 5) is 51.6. The molecule has 1 aliphatic rings. The van der Waals surface area contributed by atoms with Crippen LogP contribution < -0.4 is 24.8 Å². The Kier molecular flexibility index (Phi) is 10.7. The summed E-state index contributed by atoms with van der Waals surface area (Å²) in [5.41, 5.74) is 2.67. The van der Waals surface area contributed by atoms with E-state index in [9.17, 15) is 19.2 Å². The minimum atomic E-state index is -0.612. The van der Waals surface area contributed by atoms with E-state index in [1.807, 2.05) is 26.0 Å². The topological polar surface area (TPSA) is 123 Å². The Hall–Kier alpha value is -4.48. The van der Waals surface area contributed by atoms with Crippen molar-refractivity contribution in [1.29, 1.82) is 0 Å². The lowest BCUT2D eigenvalue weighted by atomic mass is 10.1. The van der Waals surface area contributed by atoms with Crippen LogP contribution >= 0.6 is 23.4 Å². The molecule has 1 saturated heterocycles. The van der Waals surface area contributed by atoms with E-state index in [1.54, 1.807) is 49.4 Å². The SMILES string of the molecule is CCOc1ccc(NC(=O)CN2C(=O)S/C(=C/c3cc(Cl)c(OCC(=O)Nc4ccc(C)cc4)c(OCC)c3)C2=O)cc1. The molecule has 10 nitrogen and oxygen atoms in total. The number of carbonyl (C=O) groups excluding carboxylic acids is 4. The zero-order valence-electron chi connectivity index (χ0n) is 23.8. The summed E-state index contributed by atoms with van der Waals surface area (Å²) in [5, 5.41) is 4.99. The minimum absolute atomic E-state index is 0.114. The highest BCUT2D eigenvalue weighted by Gasteiger charge is 2.36. The van der Waals surface area contributed by atoms with E-state index in [2.05, 4.69) is 10.6 Å². The smallest absolute Gasteiger partial charge is 0.294 e. The Morgan fingerprint density at radius 1 is 0.884 bits per heavy atom. The second kappa shape index (κ2) is 14.6. The van der Waals surface area contributed by atoms with Crippen molar-refractivity contribution in [2.24, 2.45) is 0 Å². The number of hydrogen-bond acceptors (Lipinski definition) is 8. The summed E-state index contributed by atoms with van der Waals surface area (Å²) < 4.78 is 16.8. The van der Waals surface area contributed by atoms with Gasteiger partial charge >= 0.3 is 0 Å². The average Bonchev–Trinajstić information content (AvgIpc) is 3.22. The fourth-order valence-electron chi connectivity index (χ4n) is 3.98. The zero-order chi connectivity index (χ0) is 30.9. The molecule has 0 spiro atoms. The molecule has 1 heterocycles. The van der Waals surface area contributed by atoms with Crippen LogP contribution in [0, 0.1) is 6.92 Å². The van der Waals surface area contributed by atoms with E-state index < -0.39 is 23.6 Å². The fraction of sp³-hybridized carbons (Fsp3) is 0.226. The predicted octanol–water partition coefficient (Wildman–Crippen LogP) is 6.14. The highest BCUT2D eigenvalue weighted by molar-refractivity contribution is 8.18. The molecule has 1 fully saturated rings. The van der Waals surface area contributed by atoms with Crippen LogP contribution in [0.4, 0.5) is 16.2 Å². The van der Waals surface area contributed by atoms with Crippen LogP contribution in [0.1, 0.15) is 25.0 Å². The highest BCUT2D eigenvalue weighted by Crippen LogP contribution is 2.39. The van der Waals surface area contributed by atoms with Gasteiger partial charge in [0, 0.05) is 11.4 Å². The molecular weight excluding hydrogens is 594 g/mol. The van der Waals surface area contributed by atoms with Crippen molar-refractivity contribution in [2.45, 2.75) is 20.8 Å². The van der Waals surface area contributed by atoms with Gasteiger partial charge in [0.1, 0.15) is 12.3 Å². The number of nitrogens with one attached hydrogen (secondary N) is 2.